The zero-order valence-corrected chi connectivity index (χ0v) is 30.8. The summed E-state index contributed by atoms with van der Waals surface area (Å²) >= 11 is 7.50. The van der Waals surface area contributed by atoms with E-state index in [1.54, 1.807) is 0 Å². The second-order valence-corrected chi connectivity index (χ2v) is 22.7. The van der Waals surface area contributed by atoms with Crippen LogP contribution in [0, 0.1) is 0 Å². The Bertz CT molecular complexity index is 1320. The van der Waals surface area contributed by atoms with E-state index in [1.807, 2.05) is 46.6 Å². The molecule has 0 saturated carbocycles. The van der Waals surface area contributed by atoms with Gasteiger partial charge in [-0.05, 0) is 0 Å². The van der Waals surface area contributed by atoms with Crippen molar-refractivity contribution in [1.82, 2.24) is 18.6 Å². The third kappa shape index (κ3) is 6.38. The summed E-state index contributed by atoms with van der Waals surface area (Å²) in [5.74, 6) is 0. The summed E-state index contributed by atoms with van der Waals surface area (Å²) in [6.45, 7) is 19.7. The standard InChI is InChI=1S/C32H42IN4S4/c1-29(2)17-21(18-30(3,4)36(29)40-27-34-23-13-9-11-15-25(23)38-27)33-22-19-31(5,6)37(32(7,8)20-22)41-28-35-24-14-10-12-16-26(24)39-28/h9-16,21-22H,17-20H2,1-8H3/q-1. The van der Waals surface area contributed by atoms with Crippen LogP contribution in [0.25, 0.3) is 20.4 Å². The van der Waals surface area contributed by atoms with Gasteiger partial charge in [0.25, 0.3) is 0 Å². The number of fused-ring (bicyclic) bond motifs is 2. The molecule has 9 heteroatoms. The molecule has 2 aliphatic rings. The van der Waals surface area contributed by atoms with Gasteiger partial charge in [-0.15, -0.1) is 0 Å². The van der Waals surface area contributed by atoms with Crippen LogP contribution in [0.15, 0.2) is 57.2 Å². The molecule has 2 aromatic heterocycles. The van der Waals surface area contributed by atoms with Crippen LogP contribution in [-0.4, -0.2) is 48.6 Å². The number of thiazole rings is 2. The molecule has 41 heavy (non-hydrogen) atoms. The van der Waals surface area contributed by atoms with Crippen molar-refractivity contribution in [2.45, 2.75) is 120 Å². The van der Waals surface area contributed by atoms with Crippen molar-refractivity contribution in [1.29, 1.82) is 0 Å². The Morgan fingerprint density at radius 1 is 0.610 bits per heavy atom. The third-order valence-electron chi connectivity index (χ3n) is 8.33. The number of piperidine rings is 2. The van der Waals surface area contributed by atoms with Crippen LogP contribution in [-0.2, 0) is 0 Å². The molecule has 4 heterocycles. The first-order valence-corrected chi connectivity index (χ1v) is 20.2. The minimum atomic E-state index is 0.0531. The molecule has 0 spiro atoms. The molecule has 2 aliphatic heterocycles. The summed E-state index contributed by atoms with van der Waals surface area (Å²) in [5.41, 5.74) is 2.75. The van der Waals surface area contributed by atoms with E-state index in [4.69, 9.17) is 9.97 Å². The number of benzene rings is 2. The van der Waals surface area contributed by atoms with Crippen molar-refractivity contribution in [3.63, 3.8) is 0 Å². The summed E-state index contributed by atoms with van der Waals surface area (Å²) in [7, 11) is 0. The monoisotopic (exact) mass is 737 g/mol. The van der Waals surface area contributed by atoms with Crippen molar-refractivity contribution in [3.05, 3.63) is 48.5 Å². The zero-order valence-electron chi connectivity index (χ0n) is 25.4. The number of aromatic nitrogens is 2. The van der Waals surface area contributed by atoms with E-state index in [2.05, 4.69) is 113 Å². The Labute approximate surface area is 273 Å². The molecule has 0 bridgehead atoms. The molecule has 2 saturated heterocycles. The predicted molar refractivity (Wildman–Crippen MR) is 177 cm³/mol. The summed E-state index contributed by atoms with van der Waals surface area (Å²) < 4.78 is 11.9. The molecule has 4 aromatic rings. The van der Waals surface area contributed by atoms with Crippen LogP contribution >= 0.6 is 46.6 Å². The number of para-hydroxylation sites is 2. The quantitative estimate of drug-likeness (QED) is 0.124. The van der Waals surface area contributed by atoms with Gasteiger partial charge in [-0.2, -0.15) is 0 Å². The van der Waals surface area contributed by atoms with Gasteiger partial charge in [0.15, 0.2) is 0 Å². The van der Waals surface area contributed by atoms with Crippen LogP contribution in [0.4, 0.5) is 0 Å². The maximum atomic E-state index is 4.97. The van der Waals surface area contributed by atoms with E-state index < -0.39 is 0 Å². The van der Waals surface area contributed by atoms with E-state index in [0.717, 1.165) is 18.9 Å². The fourth-order valence-corrected chi connectivity index (χ4v) is 18.5. The molecule has 222 valence electrons. The Morgan fingerprint density at radius 3 is 1.29 bits per heavy atom. The second kappa shape index (κ2) is 11.2. The molecule has 0 N–H and O–H groups in total. The molecule has 6 rings (SSSR count). The van der Waals surface area contributed by atoms with Gasteiger partial charge < -0.3 is 0 Å². The van der Waals surface area contributed by atoms with Crippen LogP contribution in [0.5, 0.6) is 0 Å². The van der Waals surface area contributed by atoms with Gasteiger partial charge >= 0.3 is 275 Å². The first-order valence-electron chi connectivity index (χ1n) is 14.5. The van der Waals surface area contributed by atoms with Gasteiger partial charge in [0, 0.05) is 0 Å². The van der Waals surface area contributed by atoms with Crippen molar-refractivity contribution < 1.29 is 21.2 Å². The number of nitrogens with zero attached hydrogens (tertiary/aromatic N) is 4. The van der Waals surface area contributed by atoms with Crippen LogP contribution < -0.4 is 21.2 Å². The molecule has 2 aromatic carbocycles. The van der Waals surface area contributed by atoms with E-state index in [-0.39, 0.29) is 43.4 Å². The molecular weight excluding hydrogens is 696 g/mol. The summed E-state index contributed by atoms with van der Waals surface area (Å²) in [4.78, 5) is 9.94. The normalized spacial score (nSPS) is 23.5. The number of hydrogen-bond acceptors (Lipinski definition) is 8. The summed E-state index contributed by atoms with van der Waals surface area (Å²) in [6, 6.07) is 17.1. The van der Waals surface area contributed by atoms with Crippen LogP contribution in [0.1, 0.15) is 81.1 Å². The Hall–Kier alpha value is -0.430. The maximum absolute atomic E-state index is 4.97. The Morgan fingerprint density at radius 2 is 0.951 bits per heavy atom. The first kappa shape index (κ1) is 30.6. The van der Waals surface area contributed by atoms with E-state index in [1.165, 1.54) is 43.8 Å². The Kier molecular flexibility index (Phi) is 8.34. The predicted octanol–water partition coefficient (Wildman–Crippen LogP) is 6.75. The van der Waals surface area contributed by atoms with Crippen molar-refractivity contribution in [2.75, 3.05) is 0 Å². The molecule has 0 unspecified atom stereocenters. The number of alkyl halides is 2. The molecule has 0 amide bonds. The average Bonchev–Trinajstić information content (AvgIpc) is 3.46. The number of rotatable bonds is 6. The molecule has 2 fully saturated rings. The minimum absolute atomic E-state index is 0.0531. The van der Waals surface area contributed by atoms with E-state index in [9.17, 15) is 0 Å². The second-order valence-electron chi connectivity index (χ2n) is 14.1. The van der Waals surface area contributed by atoms with Crippen molar-refractivity contribution in [3.8, 4) is 0 Å². The van der Waals surface area contributed by atoms with Gasteiger partial charge in [-0.3, -0.25) is 0 Å². The number of halogens is 1. The molecule has 0 aliphatic carbocycles. The van der Waals surface area contributed by atoms with Crippen molar-refractivity contribution in [2.24, 2.45) is 0 Å². The molecular formula is C32H42IN4S4-. The molecule has 4 nitrogen and oxygen atoms in total. The van der Waals surface area contributed by atoms with Gasteiger partial charge in [-0.1, -0.05) is 0 Å². The number of hydrogen-bond donors (Lipinski definition) is 0. The topological polar surface area (TPSA) is 32.3 Å². The summed E-state index contributed by atoms with van der Waals surface area (Å²) in [5, 5.41) is 0. The fraction of sp³-hybridized carbons (Fsp3) is 0.562. The Balaban J connectivity index is 1.14. The van der Waals surface area contributed by atoms with E-state index in [0.29, 0.717) is 0 Å². The summed E-state index contributed by atoms with van der Waals surface area (Å²) in [6.07, 6.45) is 5.12. The van der Waals surface area contributed by atoms with Gasteiger partial charge in [0.2, 0.25) is 0 Å². The van der Waals surface area contributed by atoms with Gasteiger partial charge in [0.1, 0.15) is 0 Å². The first-order chi connectivity index (χ1) is 19.2. The third-order valence-corrected chi connectivity index (χ3v) is 17.6. The average molecular weight is 738 g/mol. The molecule has 0 radical (unpaired) electrons. The van der Waals surface area contributed by atoms with Crippen LogP contribution in [0.2, 0.25) is 0 Å². The van der Waals surface area contributed by atoms with Gasteiger partial charge in [0.05, 0.1) is 0 Å². The molecule has 0 atom stereocenters. The van der Waals surface area contributed by atoms with Gasteiger partial charge in [-0.25, -0.2) is 0 Å². The fourth-order valence-electron chi connectivity index (χ4n) is 7.14. The SMILES string of the molecule is CC1(C)CC([I-]C2CC(C)(C)N(Sc3nc4ccccc4s3)C(C)(C)C2)CC(C)(C)N1Sc1nc2ccccc2s1. The zero-order chi connectivity index (χ0) is 29.2. The van der Waals surface area contributed by atoms with Crippen molar-refractivity contribution >= 4 is 67.0 Å². The van der Waals surface area contributed by atoms with Crippen LogP contribution in [0.3, 0.4) is 0 Å². The van der Waals surface area contributed by atoms with E-state index >= 15 is 0 Å².